The standard InChI is InChI=1S/C21H23F3N4O3/c1-20(2,3)17(26-5)14(25-4)11-16-19(30)27-15(18(29)28-16)10-12-7-6-8-13(9-12)31-21(22,23)24/h6-11,26H,4H2,1-3,5H3,(H,27,30)(H,28,29)/b15-10-,16-11-,17-14-. The molecule has 0 aliphatic rings. The fourth-order valence-corrected chi connectivity index (χ4v) is 2.89. The van der Waals surface area contributed by atoms with Gasteiger partial charge in [-0.05, 0) is 36.6 Å². The molecule has 2 aromatic rings. The Labute approximate surface area is 175 Å². The van der Waals surface area contributed by atoms with E-state index in [9.17, 15) is 22.8 Å². The number of rotatable bonds is 5. The molecule has 0 unspecified atom stereocenters. The molecule has 1 aromatic heterocycles. The SMILES string of the molecule is C=NC(/C=c1\[nH]c(=O)/c(=C/c2cccc(OC(F)(F)F)c2)[nH]c1=O)=C(\NC)C(C)(C)C. The third-order valence-electron chi connectivity index (χ3n) is 4.10. The third-order valence-corrected chi connectivity index (χ3v) is 4.10. The summed E-state index contributed by atoms with van der Waals surface area (Å²) < 4.78 is 41.0. The summed E-state index contributed by atoms with van der Waals surface area (Å²) in [6, 6.07) is 5.02. The van der Waals surface area contributed by atoms with Crippen LogP contribution in [0, 0.1) is 5.41 Å². The van der Waals surface area contributed by atoms with Crippen molar-refractivity contribution in [1.29, 1.82) is 0 Å². The van der Waals surface area contributed by atoms with Gasteiger partial charge in [0, 0.05) is 18.2 Å². The van der Waals surface area contributed by atoms with Gasteiger partial charge in [0.05, 0.1) is 5.70 Å². The van der Waals surface area contributed by atoms with Gasteiger partial charge in [0.2, 0.25) is 0 Å². The van der Waals surface area contributed by atoms with Crippen molar-refractivity contribution in [2.45, 2.75) is 27.1 Å². The minimum Gasteiger partial charge on any atom is -0.406 e. The predicted octanol–water partition coefficient (Wildman–Crippen LogP) is 1.75. The fourth-order valence-electron chi connectivity index (χ4n) is 2.89. The first-order valence-corrected chi connectivity index (χ1v) is 9.15. The van der Waals surface area contributed by atoms with Crippen molar-refractivity contribution in [3.05, 3.63) is 72.6 Å². The molecule has 0 saturated carbocycles. The number of allylic oxidation sites excluding steroid dienone is 2. The number of alkyl halides is 3. The number of nitrogens with one attached hydrogen (secondary N) is 3. The number of nitrogens with zero attached hydrogens (tertiary/aromatic N) is 1. The molecule has 3 N–H and O–H groups in total. The Morgan fingerprint density at radius 3 is 2.29 bits per heavy atom. The van der Waals surface area contributed by atoms with Crippen molar-refractivity contribution < 1.29 is 17.9 Å². The van der Waals surface area contributed by atoms with Crippen LogP contribution in [-0.2, 0) is 0 Å². The number of H-pyrrole nitrogens is 2. The maximum atomic E-state index is 12.5. The highest BCUT2D eigenvalue weighted by Crippen LogP contribution is 2.26. The molecule has 0 spiro atoms. The average molecular weight is 436 g/mol. The number of hydrogen-bond acceptors (Lipinski definition) is 5. The van der Waals surface area contributed by atoms with Crippen LogP contribution in [0.25, 0.3) is 12.2 Å². The van der Waals surface area contributed by atoms with Crippen LogP contribution in [-0.4, -0.2) is 30.1 Å². The quantitative estimate of drug-likeness (QED) is 0.622. The Bertz CT molecular complexity index is 1230. The van der Waals surface area contributed by atoms with Crippen LogP contribution in [0.3, 0.4) is 0 Å². The van der Waals surface area contributed by atoms with Crippen molar-refractivity contribution in [3.63, 3.8) is 0 Å². The van der Waals surface area contributed by atoms with Gasteiger partial charge in [0.25, 0.3) is 11.1 Å². The molecule has 2 rings (SSSR count). The first-order chi connectivity index (χ1) is 14.3. The smallest absolute Gasteiger partial charge is 0.406 e. The van der Waals surface area contributed by atoms with Gasteiger partial charge in [-0.15, -0.1) is 13.2 Å². The van der Waals surface area contributed by atoms with Crippen molar-refractivity contribution in [2.24, 2.45) is 10.4 Å². The van der Waals surface area contributed by atoms with E-state index in [-0.39, 0.29) is 21.7 Å². The van der Waals surface area contributed by atoms with E-state index in [4.69, 9.17) is 0 Å². The second-order valence-electron chi connectivity index (χ2n) is 7.56. The fraction of sp³-hybridized carbons (Fsp3) is 0.286. The Balaban J connectivity index is 2.60. The molecule has 10 heteroatoms. The monoisotopic (exact) mass is 436 g/mol. The van der Waals surface area contributed by atoms with Crippen LogP contribution in [0.15, 0.2) is 50.2 Å². The van der Waals surface area contributed by atoms with Crippen molar-refractivity contribution >= 4 is 18.9 Å². The normalized spacial score (nSPS) is 14.3. The van der Waals surface area contributed by atoms with Gasteiger partial charge in [0.1, 0.15) is 16.4 Å². The molecule has 0 bridgehead atoms. The van der Waals surface area contributed by atoms with E-state index in [1.165, 1.54) is 24.3 Å². The van der Waals surface area contributed by atoms with E-state index >= 15 is 0 Å². The Kier molecular flexibility index (Phi) is 6.94. The van der Waals surface area contributed by atoms with E-state index in [0.29, 0.717) is 11.4 Å². The molecule has 1 heterocycles. The first kappa shape index (κ1) is 23.7. The zero-order chi connectivity index (χ0) is 23.4. The van der Waals surface area contributed by atoms with E-state index in [0.717, 1.165) is 12.1 Å². The molecule has 0 saturated heterocycles. The Morgan fingerprint density at radius 1 is 1.13 bits per heavy atom. The summed E-state index contributed by atoms with van der Waals surface area (Å²) in [6.07, 6.45) is -2.21. The Hall–Kier alpha value is -3.56. The molecule has 0 amide bonds. The van der Waals surface area contributed by atoms with Crippen LogP contribution in [0.2, 0.25) is 0 Å². The topological polar surface area (TPSA) is 99.3 Å². The molecule has 31 heavy (non-hydrogen) atoms. The minimum atomic E-state index is -4.84. The predicted molar refractivity (Wildman–Crippen MR) is 113 cm³/mol. The number of aliphatic imine (C=N–C) groups is 1. The largest absolute Gasteiger partial charge is 0.573 e. The lowest BCUT2D eigenvalue weighted by molar-refractivity contribution is -0.274. The van der Waals surface area contributed by atoms with E-state index in [1.54, 1.807) is 7.05 Å². The lowest BCUT2D eigenvalue weighted by Crippen LogP contribution is -2.46. The van der Waals surface area contributed by atoms with Crippen LogP contribution in [0.4, 0.5) is 13.2 Å². The average Bonchev–Trinajstić information content (AvgIpc) is 2.63. The number of hydrogen-bond donors (Lipinski definition) is 3. The van der Waals surface area contributed by atoms with Gasteiger partial charge < -0.3 is 20.0 Å². The number of halogens is 3. The summed E-state index contributed by atoms with van der Waals surface area (Å²) in [6.45, 7) is 9.35. The molecule has 1 aromatic carbocycles. The third kappa shape index (κ3) is 6.46. The molecule has 0 aliphatic heterocycles. The van der Waals surface area contributed by atoms with Crippen LogP contribution < -0.4 is 31.9 Å². The van der Waals surface area contributed by atoms with Gasteiger partial charge in [-0.1, -0.05) is 32.9 Å². The summed E-state index contributed by atoms with van der Waals surface area (Å²) in [5, 5.41) is 2.85. The summed E-state index contributed by atoms with van der Waals surface area (Å²) >= 11 is 0. The second-order valence-corrected chi connectivity index (χ2v) is 7.56. The maximum Gasteiger partial charge on any atom is 0.573 e. The highest BCUT2D eigenvalue weighted by Gasteiger charge is 2.31. The van der Waals surface area contributed by atoms with Crippen LogP contribution in [0.1, 0.15) is 26.3 Å². The minimum absolute atomic E-state index is 0.0456. The van der Waals surface area contributed by atoms with E-state index in [1.807, 2.05) is 20.8 Å². The summed E-state index contributed by atoms with van der Waals surface area (Å²) in [5.41, 5.74) is -0.258. The van der Waals surface area contributed by atoms with E-state index < -0.39 is 23.2 Å². The molecular formula is C21H23F3N4O3. The zero-order valence-electron chi connectivity index (χ0n) is 17.5. The van der Waals surface area contributed by atoms with Crippen molar-refractivity contribution in [1.82, 2.24) is 15.3 Å². The van der Waals surface area contributed by atoms with Gasteiger partial charge in [-0.25, -0.2) is 0 Å². The molecule has 7 nitrogen and oxygen atoms in total. The van der Waals surface area contributed by atoms with Gasteiger partial charge in [-0.3, -0.25) is 14.6 Å². The number of aromatic nitrogens is 2. The molecule has 0 fully saturated rings. The zero-order valence-corrected chi connectivity index (χ0v) is 17.5. The van der Waals surface area contributed by atoms with Crippen molar-refractivity contribution in [3.8, 4) is 5.75 Å². The molecule has 0 aliphatic carbocycles. The summed E-state index contributed by atoms with van der Waals surface area (Å²) in [5.74, 6) is -0.446. The molecule has 0 radical (unpaired) electrons. The van der Waals surface area contributed by atoms with Crippen molar-refractivity contribution in [2.75, 3.05) is 7.05 Å². The summed E-state index contributed by atoms with van der Waals surface area (Å²) in [7, 11) is 1.71. The Morgan fingerprint density at radius 2 is 1.74 bits per heavy atom. The molecule has 166 valence electrons. The summed E-state index contributed by atoms with van der Waals surface area (Å²) in [4.78, 5) is 33.8. The number of aromatic amines is 2. The lowest BCUT2D eigenvalue weighted by atomic mass is 9.90. The van der Waals surface area contributed by atoms with Crippen LogP contribution >= 0.6 is 0 Å². The lowest BCUT2D eigenvalue weighted by Gasteiger charge is -2.24. The maximum absolute atomic E-state index is 12.5. The first-order valence-electron chi connectivity index (χ1n) is 9.15. The highest BCUT2D eigenvalue weighted by atomic mass is 19.4. The van der Waals surface area contributed by atoms with Gasteiger partial charge >= 0.3 is 6.36 Å². The number of benzene rings is 1. The molecule has 0 atom stereocenters. The van der Waals surface area contributed by atoms with Gasteiger partial charge in [-0.2, -0.15) is 0 Å². The van der Waals surface area contributed by atoms with E-state index in [2.05, 4.69) is 31.7 Å². The highest BCUT2D eigenvalue weighted by molar-refractivity contribution is 5.52. The molecular weight excluding hydrogens is 413 g/mol. The van der Waals surface area contributed by atoms with Gasteiger partial charge in [0.15, 0.2) is 0 Å². The second kappa shape index (κ2) is 9.07. The van der Waals surface area contributed by atoms with Crippen LogP contribution in [0.5, 0.6) is 5.75 Å². The number of ether oxygens (including phenoxy) is 1.